The van der Waals surface area contributed by atoms with E-state index in [1.807, 2.05) is 11.0 Å². The molecule has 5 heteroatoms. The number of hydrogen-bond donors (Lipinski definition) is 2. The maximum atomic E-state index is 11.5. The van der Waals surface area contributed by atoms with Crippen molar-refractivity contribution in [2.24, 2.45) is 5.73 Å². The highest BCUT2D eigenvalue weighted by Gasteiger charge is 2.28. The van der Waals surface area contributed by atoms with E-state index < -0.39 is 0 Å². The van der Waals surface area contributed by atoms with Crippen LogP contribution < -0.4 is 16.0 Å². The fraction of sp³-hybridized carbons (Fsp3) is 0.538. The van der Waals surface area contributed by atoms with Gasteiger partial charge in [-0.05, 0) is 30.9 Å². The van der Waals surface area contributed by atoms with Crippen LogP contribution in [0.15, 0.2) is 12.1 Å². The number of piperazine rings is 1. The molecule has 5 nitrogen and oxygen atoms in total. The van der Waals surface area contributed by atoms with Crippen LogP contribution in [-0.2, 0) is 17.6 Å². The molecule has 2 aliphatic rings. The summed E-state index contributed by atoms with van der Waals surface area (Å²) in [7, 11) is 0. The molecule has 1 aliphatic heterocycles. The van der Waals surface area contributed by atoms with Gasteiger partial charge >= 0.3 is 0 Å². The SMILES string of the molecule is NC(=O)C1CNCCN1c1ccc2c(n1)CCC2. The molecule has 1 saturated heterocycles. The third-order valence-electron chi connectivity index (χ3n) is 3.78. The highest BCUT2D eigenvalue weighted by atomic mass is 16.1. The van der Waals surface area contributed by atoms with Gasteiger partial charge in [0.25, 0.3) is 0 Å². The van der Waals surface area contributed by atoms with E-state index in [9.17, 15) is 4.79 Å². The van der Waals surface area contributed by atoms with Gasteiger partial charge in [-0.1, -0.05) is 6.07 Å². The molecule has 96 valence electrons. The monoisotopic (exact) mass is 246 g/mol. The van der Waals surface area contributed by atoms with Gasteiger partial charge in [0.1, 0.15) is 11.9 Å². The van der Waals surface area contributed by atoms with Crippen molar-refractivity contribution >= 4 is 11.7 Å². The molecule has 1 aromatic rings. The second-order valence-corrected chi connectivity index (χ2v) is 4.94. The van der Waals surface area contributed by atoms with Gasteiger partial charge in [-0.25, -0.2) is 4.98 Å². The highest BCUT2D eigenvalue weighted by Crippen LogP contribution is 2.24. The predicted molar refractivity (Wildman–Crippen MR) is 69.5 cm³/mol. The summed E-state index contributed by atoms with van der Waals surface area (Å²) in [5.41, 5.74) is 8.00. The van der Waals surface area contributed by atoms with E-state index in [0.717, 1.165) is 31.7 Å². The Morgan fingerprint density at radius 3 is 3.17 bits per heavy atom. The van der Waals surface area contributed by atoms with E-state index in [1.54, 1.807) is 0 Å². The smallest absolute Gasteiger partial charge is 0.241 e. The number of aryl methyl sites for hydroxylation is 2. The van der Waals surface area contributed by atoms with E-state index in [0.29, 0.717) is 6.54 Å². The molecule has 0 saturated carbocycles. The number of pyridine rings is 1. The van der Waals surface area contributed by atoms with Crippen LogP contribution in [0.1, 0.15) is 17.7 Å². The average molecular weight is 246 g/mol. The van der Waals surface area contributed by atoms with E-state index >= 15 is 0 Å². The lowest BCUT2D eigenvalue weighted by Crippen LogP contribution is -2.57. The Morgan fingerprint density at radius 1 is 1.44 bits per heavy atom. The number of nitrogens with two attached hydrogens (primary N) is 1. The van der Waals surface area contributed by atoms with Crippen molar-refractivity contribution in [3.63, 3.8) is 0 Å². The lowest BCUT2D eigenvalue weighted by Gasteiger charge is -2.35. The van der Waals surface area contributed by atoms with Crippen LogP contribution in [0.3, 0.4) is 0 Å². The fourth-order valence-electron chi connectivity index (χ4n) is 2.80. The molecule has 0 bridgehead atoms. The minimum atomic E-state index is -0.288. The van der Waals surface area contributed by atoms with Gasteiger partial charge in [0.05, 0.1) is 0 Å². The van der Waals surface area contributed by atoms with Gasteiger partial charge in [0, 0.05) is 25.3 Å². The Labute approximate surface area is 106 Å². The summed E-state index contributed by atoms with van der Waals surface area (Å²) in [4.78, 5) is 18.2. The van der Waals surface area contributed by atoms with E-state index in [1.165, 1.54) is 17.7 Å². The zero-order valence-corrected chi connectivity index (χ0v) is 10.4. The van der Waals surface area contributed by atoms with Crippen LogP contribution in [0.4, 0.5) is 5.82 Å². The summed E-state index contributed by atoms with van der Waals surface area (Å²) >= 11 is 0. The van der Waals surface area contributed by atoms with E-state index in [2.05, 4.69) is 11.4 Å². The predicted octanol–water partition coefficient (Wildman–Crippen LogP) is -0.166. The molecule has 3 rings (SSSR count). The Morgan fingerprint density at radius 2 is 2.33 bits per heavy atom. The molecule has 0 spiro atoms. The van der Waals surface area contributed by atoms with Gasteiger partial charge < -0.3 is 16.0 Å². The van der Waals surface area contributed by atoms with Crippen LogP contribution in [0.2, 0.25) is 0 Å². The Balaban J connectivity index is 1.90. The van der Waals surface area contributed by atoms with Crippen molar-refractivity contribution in [2.75, 3.05) is 24.5 Å². The summed E-state index contributed by atoms with van der Waals surface area (Å²) in [6.45, 7) is 2.25. The second kappa shape index (κ2) is 4.57. The number of amides is 1. The number of nitrogens with zero attached hydrogens (tertiary/aromatic N) is 2. The number of carbonyl (C=O) groups excluding carboxylic acids is 1. The normalized spacial score (nSPS) is 22.9. The van der Waals surface area contributed by atoms with Gasteiger partial charge in [0.15, 0.2) is 0 Å². The van der Waals surface area contributed by atoms with Crippen LogP contribution in [0, 0.1) is 0 Å². The first-order valence-corrected chi connectivity index (χ1v) is 6.51. The number of fused-ring (bicyclic) bond motifs is 1. The molecule has 1 unspecified atom stereocenters. The van der Waals surface area contributed by atoms with Gasteiger partial charge in [-0.15, -0.1) is 0 Å². The molecule has 2 heterocycles. The third kappa shape index (κ3) is 1.95. The van der Waals surface area contributed by atoms with Gasteiger partial charge in [-0.3, -0.25) is 4.79 Å². The molecule has 1 amide bonds. The van der Waals surface area contributed by atoms with Crippen molar-refractivity contribution in [1.82, 2.24) is 10.3 Å². The molecule has 18 heavy (non-hydrogen) atoms. The zero-order chi connectivity index (χ0) is 12.5. The molecule has 1 aromatic heterocycles. The molecule has 1 fully saturated rings. The third-order valence-corrected chi connectivity index (χ3v) is 3.78. The largest absolute Gasteiger partial charge is 0.368 e. The summed E-state index contributed by atoms with van der Waals surface area (Å²) in [6, 6.07) is 3.88. The molecule has 1 atom stereocenters. The van der Waals surface area contributed by atoms with Crippen LogP contribution in [0.25, 0.3) is 0 Å². The minimum absolute atomic E-state index is 0.286. The Kier molecular flexibility index (Phi) is 2.91. The molecule has 0 aromatic carbocycles. The molecule has 1 aliphatic carbocycles. The summed E-state index contributed by atoms with van der Waals surface area (Å²) in [6.07, 6.45) is 3.37. The van der Waals surface area contributed by atoms with Crippen LogP contribution in [0.5, 0.6) is 0 Å². The van der Waals surface area contributed by atoms with E-state index in [-0.39, 0.29) is 11.9 Å². The van der Waals surface area contributed by atoms with Crippen LogP contribution >= 0.6 is 0 Å². The first kappa shape index (κ1) is 11.5. The molecular weight excluding hydrogens is 228 g/mol. The standard InChI is InChI=1S/C13H18N4O/c14-13(18)11-8-15-6-7-17(11)12-5-4-9-2-1-3-10(9)16-12/h4-5,11,15H,1-3,6-8H2,(H2,14,18). The van der Waals surface area contributed by atoms with Crippen LogP contribution in [-0.4, -0.2) is 36.6 Å². The number of primary amides is 1. The highest BCUT2D eigenvalue weighted by molar-refractivity contribution is 5.83. The van der Waals surface area contributed by atoms with Gasteiger partial charge in [-0.2, -0.15) is 0 Å². The number of anilines is 1. The summed E-state index contributed by atoms with van der Waals surface area (Å²) < 4.78 is 0. The first-order valence-electron chi connectivity index (χ1n) is 6.51. The van der Waals surface area contributed by atoms with E-state index in [4.69, 9.17) is 10.7 Å². The fourth-order valence-corrected chi connectivity index (χ4v) is 2.80. The Hall–Kier alpha value is -1.62. The summed E-state index contributed by atoms with van der Waals surface area (Å²) in [5, 5.41) is 3.20. The van der Waals surface area contributed by atoms with Crippen molar-refractivity contribution in [2.45, 2.75) is 25.3 Å². The average Bonchev–Trinajstić information content (AvgIpc) is 2.85. The minimum Gasteiger partial charge on any atom is -0.368 e. The number of nitrogens with one attached hydrogen (secondary N) is 1. The summed E-state index contributed by atoms with van der Waals surface area (Å²) in [5.74, 6) is 0.602. The second-order valence-electron chi connectivity index (χ2n) is 4.94. The quantitative estimate of drug-likeness (QED) is 0.760. The lowest BCUT2D eigenvalue weighted by atomic mass is 10.1. The van der Waals surface area contributed by atoms with Crippen molar-refractivity contribution < 1.29 is 4.79 Å². The number of rotatable bonds is 2. The number of aromatic nitrogens is 1. The van der Waals surface area contributed by atoms with Crippen molar-refractivity contribution in [3.05, 3.63) is 23.4 Å². The first-order chi connectivity index (χ1) is 8.75. The lowest BCUT2D eigenvalue weighted by molar-refractivity contribution is -0.119. The molecule has 0 radical (unpaired) electrons. The maximum Gasteiger partial charge on any atom is 0.241 e. The van der Waals surface area contributed by atoms with Gasteiger partial charge in [0.2, 0.25) is 5.91 Å². The van der Waals surface area contributed by atoms with Crippen molar-refractivity contribution in [1.29, 1.82) is 0 Å². The topological polar surface area (TPSA) is 71.2 Å². The Bertz CT molecular complexity index is 474. The zero-order valence-electron chi connectivity index (χ0n) is 10.4. The molecular formula is C13H18N4O. The number of hydrogen-bond acceptors (Lipinski definition) is 4. The van der Waals surface area contributed by atoms with Crippen molar-refractivity contribution in [3.8, 4) is 0 Å². The number of carbonyl (C=O) groups is 1. The molecule has 3 N–H and O–H groups in total. The maximum absolute atomic E-state index is 11.5.